The predicted octanol–water partition coefficient (Wildman–Crippen LogP) is 11.9. The first-order chi connectivity index (χ1) is 41.2. The zero-order valence-electron chi connectivity index (χ0n) is 59.1. The van der Waals surface area contributed by atoms with Gasteiger partial charge in [0, 0.05) is 74.2 Å². The minimum Gasteiger partial charge on any atom is -0.307 e. The van der Waals surface area contributed by atoms with Gasteiger partial charge in [0.05, 0.1) is 92.7 Å². The highest BCUT2D eigenvalue weighted by Gasteiger charge is 2.24. The van der Waals surface area contributed by atoms with E-state index in [0.29, 0.717) is 13.7 Å². The third kappa shape index (κ3) is 4.66. The molecule has 6 heterocycles. The Morgan fingerprint density at radius 3 is 1.51 bits per heavy atom. The molecular weight excluding hydrogens is 699 g/mol. The van der Waals surface area contributed by atoms with E-state index in [-0.39, 0.29) is 0 Å². The largest absolute Gasteiger partial charge is 0.307 e. The lowest BCUT2D eigenvalue weighted by Gasteiger charge is -2.21. The molecule has 7 heteroatoms. The maximum atomic E-state index is 10.4. The Morgan fingerprint density at radius 1 is 0.404 bits per heavy atom. The van der Waals surface area contributed by atoms with Gasteiger partial charge in [-0.2, -0.15) is 0 Å². The van der Waals surface area contributed by atoms with Crippen molar-refractivity contribution in [3.63, 3.8) is 0 Å². The Morgan fingerprint density at radius 2 is 0.895 bits per heavy atom. The molecule has 12 rings (SSSR count). The van der Waals surface area contributed by atoms with E-state index in [0.717, 1.165) is 0 Å². The molecule has 6 aromatic heterocycles. The lowest BCUT2D eigenvalue weighted by Crippen LogP contribution is -2.07. The molecule has 0 amide bonds. The average molecular weight is 761 g/mol. The first-order valence-electron chi connectivity index (χ1n) is 32.1. The van der Waals surface area contributed by atoms with Gasteiger partial charge in [0.25, 0.3) is 0 Å². The number of para-hydroxylation sites is 5. The molecule has 0 bridgehead atoms. The minimum absolute atomic E-state index is 0.595. The summed E-state index contributed by atoms with van der Waals surface area (Å²) in [4.78, 5) is 16.8. The van der Waals surface area contributed by atoms with Gasteiger partial charge in [0.1, 0.15) is 5.82 Å². The van der Waals surface area contributed by atoms with Gasteiger partial charge in [-0.05, 0) is 42.3 Å². The fourth-order valence-corrected chi connectivity index (χ4v) is 6.89. The summed E-state index contributed by atoms with van der Waals surface area (Å²) in [6.07, 6.45) is -3.84. The molecule has 7 nitrogen and oxygen atoms in total. The zero-order valence-corrected chi connectivity index (χ0v) is 28.1. The molecule has 0 unspecified atom stereocenters. The molecule has 0 fully saturated rings. The Bertz CT molecular complexity index is 5250. The summed E-state index contributed by atoms with van der Waals surface area (Å²) in [7, 11) is 0. The summed E-state index contributed by atoms with van der Waals surface area (Å²) in [5, 5.41) is -3.67. The van der Waals surface area contributed by atoms with Crippen LogP contribution in [0.2, 0.25) is 0 Å². The minimum atomic E-state index is -1.26. The Labute approximate surface area is 369 Å². The maximum Gasteiger partial charge on any atom is 0.162 e. The second kappa shape index (κ2) is 12.3. The van der Waals surface area contributed by atoms with Crippen LogP contribution in [-0.4, -0.2) is 33.6 Å². The maximum absolute atomic E-state index is 10.4. The molecule has 0 spiro atoms. The van der Waals surface area contributed by atoms with Gasteiger partial charge < -0.3 is 9.13 Å². The summed E-state index contributed by atoms with van der Waals surface area (Å²) in [5.41, 5.74) is -9.74. The monoisotopic (exact) mass is 760 g/mol. The zero-order chi connectivity index (χ0) is 64.4. The van der Waals surface area contributed by atoms with E-state index in [1.807, 2.05) is 0 Å². The van der Waals surface area contributed by atoms with E-state index in [1.165, 1.54) is 0 Å². The molecular formula is C50H31N7. The van der Waals surface area contributed by atoms with Crippen LogP contribution in [0.4, 0.5) is 0 Å². The fraction of sp³-hybridized carbons (Fsp3) is 0. The van der Waals surface area contributed by atoms with Crippen molar-refractivity contribution in [3.8, 4) is 39.8 Å². The van der Waals surface area contributed by atoms with E-state index in [4.69, 9.17) is 21.9 Å². The van der Waals surface area contributed by atoms with Crippen molar-refractivity contribution in [2.75, 3.05) is 0 Å². The molecule has 0 radical (unpaired) electrons. The van der Waals surface area contributed by atoms with Crippen LogP contribution in [0.1, 0.15) is 42.5 Å². The molecule has 57 heavy (non-hydrogen) atoms. The number of fused-ring (bicyclic) bond motifs is 9. The second-order valence-corrected chi connectivity index (χ2v) is 12.1. The summed E-state index contributed by atoms with van der Waals surface area (Å²) < 4.78 is 286. The highest BCUT2D eigenvalue weighted by Crippen LogP contribution is 2.42. The molecule has 0 aliphatic heterocycles. The number of nitrogens with zero attached hydrogens (tertiary/aromatic N) is 7. The molecule has 0 atom stereocenters. The van der Waals surface area contributed by atoms with Crippen LogP contribution >= 0.6 is 0 Å². The van der Waals surface area contributed by atoms with Gasteiger partial charge in [-0.25, -0.2) is 9.97 Å². The van der Waals surface area contributed by atoms with Crippen molar-refractivity contribution in [3.05, 3.63) is 188 Å². The molecule has 12 aromatic rings. The molecule has 0 aliphatic carbocycles. The van der Waals surface area contributed by atoms with Gasteiger partial charge in [-0.3, -0.25) is 14.5 Å². The van der Waals surface area contributed by atoms with Gasteiger partial charge in [0.15, 0.2) is 5.82 Å². The number of aromatic nitrogens is 7. The highest BCUT2D eigenvalue weighted by atomic mass is 15.1. The predicted molar refractivity (Wildman–Crippen MR) is 232 cm³/mol. The lowest BCUT2D eigenvalue weighted by molar-refractivity contribution is 1.04. The number of hydrogen-bond acceptors (Lipinski definition) is 4. The average Bonchev–Trinajstić information content (AvgIpc) is 1.52. The van der Waals surface area contributed by atoms with Crippen LogP contribution in [0.25, 0.3) is 105 Å². The van der Waals surface area contributed by atoms with Crippen molar-refractivity contribution in [2.24, 2.45) is 0 Å². The van der Waals surface area contributed by atoms with Crippen molar-refractivity contribution < 1.29 is 42.5 Å². The van der Waals surface area contributed by atoms with Crippen molar-refractivity contribution >= 4 is 65.4 Å². The molecule has 0 N–H and O–H groups in total. The van der Waals surface area contributed by atoms with E-state index < -0.39 is 293 Å². The van der Waals surface area contributed by atoms with Crippen molar-refractivity contribution in [2.45, 2.75) is 0 Å². The lowest BCUT2D eigenvalue weighted by atomic mass is 10.1. The van der Waals surface area contributed by atoms with Gasteiger partial charge in [-0.1, -0.05) is 115 Å². The van der Waals surface area contributed by atoms with Crippen LogP contribution in [0, 0.1) is 0 Å². The number of rotatable bonds is 5. The van der Waals surface area contributed by atoms with Crippen LogP contribution in [0.5, 0.6) is 0 Å². The van der Waals surface area contributed by atoms with Gasteiger partial charge in [-0.15, -0.1) is 0 Å². The standard InChI is InChI=1S/C50H31N7/c1-2-13-32(14-3-1)50-53-40(29-48(54-50)56-42-21-9-4-15-33(42)34-16-5-10-22-43(34)56)37-19-12-24-47(55-41-20-8-6-17-35(41)38-30-51-27-25-45(38)55)49(37)57-44-23-11-7-18-36(44)39-31-52-28-26-46(39)57/h1-31H/i1D,2D,3D,4D,5D,6D,7D,8D,9D,10D,11D,12D,13D,14D,15D,16D,17D,18D,19D,20D,21D,22D,23D,24D,25D,26D,27D,28D,29D,30D,31D. The van der Waals surface area contributed by atoms with Crippen molar-refractivity contribution in [1.82, 2.24) is 33.6 Å². The van der Waals surface area contributed by atoms with Crippen LogP contribution in [0.3, 0.4) is 0 Å². The number of hydrogen-bond donors (Lipinski definition) is 0. The number of benzene rings is 6. The molecule has 6 aromatic carbocycles. The van der Waals surface area contributed by atoms with E-state index in [2.05, 4.69) is 19.9 Å². The first-order valence-corrected chi connectivity index (χ1v) is 16.6. The first kappa shape index (κ1) is 13.7. The van der Waals surface area contributed by atoms with Crippen LogP contribution in [0.15, 0.2) is 188 Å². The van der Waals surface area contributed by atoms with E-state index >= 15 is 0 Å². The van der Waals surface area contributed by atoms with E-state index in [9.17, 15) is 20.6 Å². The summed E-state index contributed by atoms with van der Waals surface area (Å²) in [6.45, 7) is 0. The van der Waals surface area contributed by atoms with Crippen LogP contribution in [-0.2, 0) is 0 Å². The third-order valence-electron chi connectivity index (χ3n) is 9.14. The highest BCUT2D eigenvalue weighted by molar-refractivity contribution is 6.12. The smallest absolute Gasteiger partial charge is 0.162 e. The molecule has 0 saturated carbocycles. The van der Waals surface area contributed by atoms with Crippen LogP contribution < -0.4 is 0 Å². The Balaban J connectivity index is 1.47. The second-order valence-electron chi connectivity index (χ2n) is 12.1. The summed E-state index contributed by atoms with van der Waals surface area (Å²) >= 11 is 0. The number of pyridine rings is 2. The SMILES string of the molecule is [2H]c1nc([2H])c2c3c([2H])c([2H])c([2H])c([2H])c3n(-c3c([2H])c([2H])c([2H])c(-c4nc(-c5c([2H])c([2H])c([2H])c([2H])c5[2H])nc(-n5c6c([2H])c([2H])c([2H])c([2H])c6c6c([2H])c([2H])c([2H])c([2H])c65)c4[2H])c3-n3c4c([2H])c([2H])nc([2H])c4c4c([2H])c([2H])c([2H])c([2H])c43)c2c1[2H]. The Hall–Kier alpha value is -7.90. The molecule has 0 aliphatic rings. The topological polar surface area (TPSA) is 66.3 Å². The molecule has 0 saturated heterocycles. The summed E-state index contributed by atoms with van der Waals surface area (Å²) in [6, 6.07) is -27.4. The third-order valence-corrected chi connectivity index (χ3v) is 9.14. The quantitative estimate of drug-likeness (QED) is 0.175. The van der Waals surface area contributed by atoms with E-state index in [1.54, 1.807) is 0 Å². The van der Waals surface area contributed by atoms with Gasteiger partial charge >= 0.3 is 0 Å². The van der Waals surface area contributed by atoms with Crippen molar-refractivity contribution in [1.29, 1.82) is 0 Å². The summed E-state index contributed by atoms with van der Waals surface area (Å²) in [5.74, 6) is -2.10. The Kier molecular flexibility index (Phi) is 2.96. The normalized spacial score (nSPS) is 19.5. The van der Waals surface area contributed by atoms with Gasteiger partial charge in [0.2, 0.25) is 0 Å². The fourth-order valence-electron chi connectivity index (χ4n) is 6.89. The molecule has 266 valence electrons.